The molecule has 0 saturated carbocycles. The number of rotatable bonds is 7. The van der Waals surface area contributed by atoms with Gasteiger partial charge >= 0.3 is 0 Å². The second kappa shape index (κ2) is 9.40. The van der Waals surface area contributed by atoms with Crippen LogP contribution < -0.4 is 10.0 Å². The minimum absolute atomic E-state index is 0.221. The molecule has 3 aromatic rings. The van der Waals surface area contributed by atoms with E-state index in [0.29, 0.717) is 21.4 Å². The van der Waals surface area contributed by atoms with Crippen LogP contribution >= 0.6 is 46.3 Å². The highest BCUT2D eigenvalue weighted by Crippen LogP contribution is 2.29. The van der Waals surface area contributed by atoms with Crippen molar-refractivity contribution >= 4 is 73.6 Å². The van der Waals surface area contributed by atoms with Crippen molar-refractivity contribution in [3.05, 3.63) is 70.0 Å². The quantitative estimate of drug-likeness (QED) is 0.403. The standard InChI is InChI=1S/C19H16Cl2N2O3S3/c1-12(19(24)22-17-11-13(20)4-9-16(17)21)28-15-7-5-14(6-8-15)23-29(25,26)18-3-2-10-27-18/h2-12,23H,1H3,(H,22,24). The van der Waals surface area contributed by atoms with Crippen molar-refractivity contribution in [2.24, 2.45) is 0 Å². The molecule has 0 radical (unpaired) electrons. The van der Waals surface area contributed by atoms with Gasteiger partial charge in [0.15, 0.2) is 0 Å². The molecular weight excluding hydrogens is 471 g/mol. The second-order valence-corrected chi connectivity index (χ2v) is 11.1. The van der Waals surface area contributed by atoms with Crippen molar-refractivity contribution in [2.75, 3.05) is 10.0 Å². The number of thioether (sulfide) groups is 1. The van der Waals surface area contributed by atoms with Crippen LogP contribution in [0.3, 0.4) is 0 Å². The van der Waals surface area contributed by atoms with Crippen LogP contribution in [-0.4, -0.2) is 19.6 Å². The van der Waals surface area contributed by atoms with Gasteiger partial charge < -0.3 is 5.32 Å². The van der Waals surface area contributed by atoms with Crippen LogP contribution in [0, 0.1) is 0 Å². The normalized spacial score (nSPS) is 12.4. The van der Waals surface area contributed by atoms with Crippen molar-refractivity contribution in [3.8, 4) is 0 Å². The Morgan fingerprint density at radius 1 is 1.10 bits per heavy atom. The number of thiophene rings is 1. The van der Waals surface area contributed by atoms with Gasteiger partial charge in [-0.2, -0.15) is 0 Å². The van der Waals surface area contributed by atoms with E-state index in [1.165, 1.54) is 11.8 Å². The van der Waals surface area contributed by atoms with Crippen LogP contribution in [-0.2, 0) is 14.8 Å². The first kappa shape index (κ1) is 22.0. The first-order valence-electron chi connectivity index (χ1n) is 8.33. The first-order chi connectivity index (χ1) is 13.7. The van der Waals surface area contributed by atoms with Gasteiger partial charge in [0.1, 0.15) is 4.21 Å². The number of hydrogen-bond donors (Lipinski definition) is 2. The Hall–Kier alpha value is -1.71. The summed E-state index contributed by atoms with van der Waals surface area (Å²) in [7, 11) is -3.59. The third kappa shape index (κ3) is 5.90. The molecule has 3 rings (SSSR count). The topological polar surface area (TPSA) is 75.3 Å². The number of amides is 1. The smallest absolute Gasteiger partial charge is 0.271 e. The number of halogens is 2. The fourth-order valence-electron chi connectivity index (χ4n) is 2.31. The molecule has 0 aliphatic heterocycles. The van der Waals surface area contributed by atoms with E-state index in [9.17, 15) is 13.2 Å². The molecule has 5 nitrogen and oxygen atoms in total. The fourth-order valence-corrected chi connectivity index (χ4v) is 5.56. The third-order valence-electron chi connectivity index (χ3n) is 3.73. The highest BCUT2D eigenvalue weighted by Gasteiger charge is 2.17. The van der Waals surface area contributed by atoms with E-state index in [2.05, 4.69) is 10.0 Å². The fraction of sp³-hybridized carbons (Fsp3) is 0.105. The van der Waals surface area contributed by atoms with Crippen molar-refractivity contribution in [3.63, 3.8) is 0 Å². The van der Waals surface area contributed by atoms with E-state index in [1.54, 1.807) is 66.9 Å². The molecule has 1 atom stereocenters. The lowest BCUT2D eigenvalue weighted by Gasteiger charge is -2.13. The Labute approximate surface area is 187 Å². The molecule has 1 aromatic heterocycles. The summed E-state index contributed by atoms with van der Waals surface area (Å²) in [4.78, 5) is 13.3. The van der Waals surface area contributed by atoms with E-state index >= 15 is 0 Å². The van der Waals surface area contributed by atoms with Crippen molar-refractivity contribution in [1.82, 2.24) is 0 Å². The summed E-state index contributed by atoms with van der Waals surface area (Å²) in [5.74, 6) is -0.221. The number of hydrogen-bond acceptors (Lipinski definition) is 5. The largest absolute Gasteiger partial charge is 0.324 e. The lowest BCUT2D eigenvalue weighted by Crippen LogP contribution is -2.22. The van der Waals surface area contributed by atoms with Crippen molar-refractivity contribution in [2.45, 2.75) is 21.3 Å². The molecule has 0 aliphatic carbocycles. The van der Waals surface area contributed by atoms with Gasteiger partial charge in [-0.1, -0.05) is 29.3 Å². The van der Waals surface area contributed by atoms with Gasteiger partial charge in [0.25, 0.3) is 10.0 Å². The Bertz CT molecular complexity index is 1100. The third-order valence-corrected chi connectivity index (χ3v) is 8.19. The zero-order valence-electron chi connectivity index (χ0n) is 15.1. The molecule has 1 heterocycles. The number of nitrogens with one attached hydrogen (secondary N) is 2. The van der Waals surface area contributed by atoms with Crippen LogP contribution in [0.5, 0.6) is 0 Å². The Morgan fingerprint density at radius 3 is 2.48 bits per heavy atom. The van der Waals surface area contributed by atoms with E-state index < -0.39 is 15.3 Å². The molecule has 10 heteroatoms. The van der Waals surface area contributed by atoms with Crippen LogP contribution in [0.25, 0.3) is 0 Å². The Morgan fingerprint density at radius 2 is 1.83 bits per heavy atom. The van der Waals surface area contributed by atoms with E-state index in [0.717, 1.165) is 16.2 Å². The maximum absolute atomic E-state index is 12.4. The first-order valence-corrected chi connectivity index (χ1v) is 12.3. The van der Waals surface area contributed by atoms with Gasteiger partial charge in [0.05, 0.1) is 16.0 Å². The SMILES string of the molecule is CC(Sc1ccc(NS(=O)(=O)c2cccs2)cc1)C(=O)Nc1cc(Cl)ccc1Cl. The minimum Gasteiger partial charge on any atom is -0.324 e. The van der Waals surface area contributed by atoms with Crippen LogP contribution in [0.4, 0.5) is 11.4 Å². The van der Waals surface area contributed by atoms with Gasteiger partial charge in [-0.05, 0) is 60.8 Å². The second-order valence-electron chi connectivity index (χ2n) is 5.94. The lowest BCUT2D eigenvalue weighted by molar-refractivity contribution is -0.115. The zero-order chi connectivity index (χ0) is 21.0. The number of anilines is 2. The van der Waals surface area contributed by atoms with Gasteiger partial charge in [-0.25, -0.2) is 8.42 Å². The van der Waals surface area contributed by atoms with E-state index in [-0.39, 0.29) is 10.1 Å². The summed E-state index contributed by atoms with van der Waals surface area (Å²) >= 11 is 14.5. The summed E-state index contributed by atoms with van der Waals surface area (Å²) in [6.45, 7) is 1.77. The monoisotopic (exact) mass is 486 g/mol. The van der Waals surface area contributed by atoms with Gasteiger partial charge in [-0.3, -0.25) is 9.52 Å². The molecule has 0 bridgehead atoms. The summed E-state index contributed by atoms with van der Waals surface area (Å²) in [5, 5.41) is 4.95. The summed E-state index contributed by atoms with van der Waals surface area (Å²) in [6.07, 6.45) is 0. The van der Waals surface area contributed by atoms with E-state index in [4.69, 9.17) is 23.2 Å². The Kier molecular flexibility index (Phi) is 7.13. The summed E-state index contributed by atoms with van der Waals surface area (Å²) < 4.78 is 27.3. The van der Waals surface area contributed by atoms with Crippen LogP contribution in [0.15, 0.2) is 69.1 Å². The van der Waals surface area contributed by atoms with Crippen molar-refractivity contribution < 1.29 is 13.2 Å². The van der Waals surface area contributed by atoms with Crippen LogP contribution in [0.2, 0.25) is 10.0 Å². The number of carbonyl (C=O) groups excluding carboxylic acids is 1. The molecule has 0 spiro atoms. The molecule has 0 fully saturated rings. The molecule has 0 aliphatic rings. The minimum atomic E-state index is -3.59. The summed E-state index contributed by atoms with van der Waals surface area (Å²) in [5.41, 5.74) is 0.903. The molecule has 1 unspecified atom stereocenters. The zero-order valence-corrected chi connectivity index (χ0v) is 19.0. The highest BCUT2D eigenvalue weighted by molar-refractivity contribution is 8.00. The van der Waals surface area contributed by atoms with E-state index in [1.807, 2.05) is 0 Å². The number of benzene rings is 2. The molecule has 152 valence electrons. The number of sulfonamides is 1. The van der Waals surface area contributed by atoms with Gasteiger partial charge in [-0.15, -0.1) is 23.1 Å². The maximum Gasteiger partial charge on any atom is 0.271 e. The van der Waals surface area contributed by atoms with Gasteiger partial charge in [0, 0.05) is 15.6 Å². The number of carbonyl (C=O) groups is 1. The maximum atomic E-state index is 12.4. The average Bonchev–Trinajstić information content (AvgIpc) is 3.22. The highest BCUT2D eigenvalue weighted by atomic mass is 35.5. The molecule has 2 aromatic carbocycles. The average molecular weight is 487 g/mol. The lowest BCUT2D eigenvalue weighted by atomic mass is 10.3. The molecule has 0 saturated heterocycles. The molecule has 1 amide bonds. The molecule has 2 N–H and O–H groups in total. The Balaban J connectivity index is 1.61. The van der Waals surface area contributed by atoms with Gasteiger partial charge in [0.2, 0.25) is 5.91 Å². The molecule has 29 heavy (non-hydrogen) atoms. The van der Waals surface area contributed by atoms with Crippen molar-refractivity contribution in [1.29, 1.82) is 0 Å². The predicted molar refractivity (Wildman–Crippen MR) is 122 cm³/mol. The molecular formula is C19H16Cl2N2O3S3. The predicted octanol–water partition coefficient (Wildman–Crippen LogP) is 5.98. The van der Waals surface area contributed by atoms with Crippen LogP contribution in [0.1, 0.15) is 6.92 Å². The summed E-state index contributed by atoms with van der Waals surface area (Å²) in [6, 6.07) is 14.9.